The monoisotopic (exact) mass is 366 g/mol. The Balaban J connectivity index is 1.83. The van der Waals surface area contributed by atoms with Crippen molar-refractivity contribution >= 4 is 11.8 Å². The van der Waals surface area contributed by atoms with Crippen LogP contribution in [0.2, 0.25) is 0 Å². The zero-order chi connectivity index (χ0) is 19.1. The summed E-state index contributed by atoms with van der Waals surface area (Å²) in [6, 6.07) is 0. The topological polar surface area (TPSA) is 115 Å². The van der Waals surface area contributed by atoms with Crippen molar-refractivity contribution in [3.8, 4) is 0 Å². The summed E-state index contributed by atoms with van der Waals surface area (Å²) >= 11 is 0. The largest absolute Gasteiger partial charge is 0.481 e. The third-order valence-electron chi connectivity index (χ3n) is 8.93. The van der Waals surface area contributed by atoms with Gasteiger partial charge >= 0.3 is 5.97 Å². The van der Waals surface area contributed by atoms with Gasteiger partial charge in [0.2, 0.25) is 0 Å². The Morgan fingerprint density at radius 1 is 1.23 bits per heavy atom. The van der Waals surface area contributed by atoms with Crippen LogP contribution in [-0.4, -0.2) is 50.5 Å². The van der Waals surface area contributed by atoms with Crippen molar-refractivity contribution in [1.29, 1.82) is 0 Å². The fraction of sp³-hybridized carbons (Fsp3) is 0.900. The van der Waals surface area contributed by atoms with E-state index in [-0.39, 0.29) is 17.6 Å². The number of carboxylic acids is 1. The lowest BCUT2D eigenvalue weighted by atomic mass is 9.40. The summed E-state index contributed by atoms with van der Waals surface area (Å²) in [6.07, 6.45) is 3.32. The molecule has 4 N–H and O–H groups in total. The van der Waals surface area contributed by atoms with Gasteiger partial charge in [-0.1, -0.05) is 13.3 Å². The maximum Gasteiger partial charge on any atom is 0.309 e. The Hall–Kier alpha value is -0.980. The van der Waals surface area contributed by atoms with Gasteiger partial charge in [0.25, 0.3) is 0 Å². The molecule has 6 nitrogen and oxygen atoms in total. The number of ketones is 1. The number of hydrogen-bond donors (Lipinski definition) is 4. The first-order valence-electron chi connectivity index (χ1n) is 9.86. The second-order valence-electron chi connectivity index (χ2n) is 9.92. The highest BCUT2D eigenvalue weighted by molar-refractivity contribution is 5.96. The van der Waals surface area contributed by atoms with E-state index in [4.69, 9.17) is 0 Å². The first-order valence-corrected chi connectivity index (χ1v) is 9.86. The third kappa shape index (κ3) is 1.88. The molecule has 0 aromatic carbocycles. The lowest BCUT2D eigenvalue weighted by Crippen LogP contribution is -2.63. The smallest absolute Gasteiger partial charge is 0.309 e. The lowest BCUT2D eigenvalue weighted by molar-refractivity contribution is -0.199. The number of carbonyl (C=O) groups excluding carboxylic acids is 1. The van der Waals surface area contributed by atoms with E-state index in [0.717, 1.165) is 12.8 Å². The standard InChI is InChI=1S/C20H30O6/c1-17-5-3-6-18(2,16(24)25)13(17)4-7-19-9-11(8-12(22)14(17)19)20(26,10-21)15(19)23/h11-14,21-22,26H,3-10H2,1-2H3,(H,24,25)/t11-,12-,13-,14-,17+,18+,19+,20-/m0/s1. The van der Waals surface area contributed by atoms with Gasteiger partial charge in [-0.2, -0.15) is 0 Å². The summed E-state index contributed by atoms with van der Waals surface area (Å²) in [6.45, 7) is 3.26. The molecule has 0 aromatic rings. The predicted octanol–water partition coefficient (Wildman–Crippen LogP) is 1.36. The molecule has 4 saturated carbocycles. The molecule has 4 aliphatic rings. The second-order valence-corrected chi connectivity index (χ2v) is 9.92. The van der Waals surface area contributed by atoms with Crippen LogP contribution in [0.15, 0.2) is 0 Å². The Labute approximate surface area is 153 Å². The summed E-state index contributed by atoms with van der Waals surface area (Å²) in [4.78, 5) is 25.4. The molecular weight excluding hydrogens is 336 g/mol. The highest BCUT2D eigenvalue weighted by atomic mass is 16.4. The van der Waals surface area contributed by atoms with Gasteiger partial charge in [-0.3, -0.25) is 9.59 Å². The van der Waals surface area contributed by atoms with Crippen LogP contribution in [0, 0.1) is 34.0 Å². The van der Waals surface area contributed by atoms with Crippen molar-refractivity contribution in [2.45, 2.75) is 70.5 Å². The molecule has 26 heavy (non-hydrogen) atoms. The van der Waals surface area contributed by atoms with Crippen molar-refractivity contribution in [3.63, 3.8) is 0 Å². The van der Waals surface area contributed by atoms with E-state index in [2.05, 4.69) is 6.92 Å². The van der Waals surface area contributed by atoms with Crippen LogP contribution in [0.1, 0.15) is 58.8 Å². The van der Waals surface area contributed by atoms with E-state index in [1.807, 2.05) is 6.92 Å². The molecular formula is C20H30O6. The SMILES string of the molecule is C[C@@]12CCC[C@@](C)(C(=O)O)[C@H]1CC[C@@]13C[C@H](C[C@H](O)[C@H]12)[C@@](O)(CO)C3=O. The van der Waals surface area contributed by atoms with Crippen molar-refractivity contribution in [3.05, 3.63) is 0 Å². The van der Waals surface area contributed by atoms with Crippen molar-refractivity contribution in [2.75, 3.05) is 6.61 Å². The van der Waals surface area contributed by atoms with Gasteiger partial charge < -0.3 is 20.4 Å². The summed E-state index contributed by atoms with van der Waals surface area (Å²) < 4.78 is 0. The number of rotatable bonds is 2. The second kappa shape index (κ2) is 5.30. The fourth-order valence-corrected chi connectivity index (χ4v) is 7.89. The van der Waals surface area contributed by atoms with Crippen molar-refractivity contribution in [1.82, 2.24) is 0 Å². The Morgan fingerprint density at radius 3 is 2.54 bits per heavy atom. The molecule has 0 heterocycles. The minimum Gasteiger partial charge on any atom is -0.481 e. The van der Waals surface area contributed by atoms with E-state index in [9.17, 15) is 30.0 Å². The van der Waals surface area contributed by atoms with Gasteiger partial charge in [-0.25, -0.2) is 0 Å². The molecule has 2 bridgehead atoms. The maximum atomic E-state index is 13.3. The van der Waals surface area contributed by atoms with E-state index in [1.54, 1.807) is 0 Å². The summed E-state index contributed by atoms with van der Waals surface area (Å²) in [5.41, 5.74) is -3.89. The number of fused-ring (bicyclic) bond motifs is 3. The average molecular weight is 366 g/mol. The summed E-state index contributed by atoms with van der Waals surface area (Å²) in [5.74, 6) is -1.98. The first kappa shape index (κ1) is 18.4. The molecule has 0 aromatic heterocycles. The van der Waals surface area contributed by atoms with Crippen LogP contribution >= 0.6 is 0 Å². The number of aliphatic hydroxyl groups is 3. The molecule has 0 radical (unpaired) electrons. The zero-order valence-corrected chi connectivity index (χ0v) is 15.6. The minimum atomic E-state index is -1.76. The van der Waals surface area contributed by atoms with Crippen LogP contribution in [0.5, 0.6) is 0 Å². The molecule has 8 atom stereocenters. The lowest BCUT2D eigenvalue weighted by Gasteiger charge is -2.63. The van der Waals surface area contributed by atoms with E-state index in [1.165, 1.54) is 0 Å². The summed E-state index contributed by atoms with van der Waals surface area (Å²) in [5, 5.41) is 41.6. The Morgan fingerprint density at radius 2 is 1.92 bits per heavy atom. The molecule has 1 spiro atoms. The third-order valence-corrected chi connectivity index (χ3v) is 8.93. The molecule has 4 rings (SSSR count). The van der Waals surface area contributed by atoms with E-state index in [0.29, 0.717) is 32.1 Å². The summed E-state index contributed by atoms with van der Waals surface area (Å²) in [7, 11) is 0. The van der Waals surface area contributed by atoms with Gasteiger partial charge in [0, 0.05) is 17.3 Å². The van der Waals surface area contributed by atoms with Crippen LogP contribution < -0.4 is 0 Å². The molecule has 6 heteroatoms. The van der Waals surface area contributed by atoms with Gasteiger partial charge in [-0.15, -0.1) is 0 Å². The fourth-order valence-electron chi connectivity index (χ4n) is 7.89. The first-order chi connectivity index (χ1) is 12.1. The van der Waals surface area contributed by atoms with Crippen LogP contribution in [0.3, 0.4) is 0 Å². The van der Waals surface area contributed by atoms with Gasteiger partial charge in [-0.05, 0) is 56.8 Å². The molecule has 146 valence electrons. The molecule has 4 fully saturated rings. The maximum absolute atomic E-state index is 13.3. The molecule has 0 unspecified atom stereocenters. The van der Waals surface area contributed by atoms with Crippen LogP contribution in [0.4, 0.5) is 0 Å². The highest BCUT2D eigenvalue weighted by Crippen LogP contribution is 2.71. The Bertz CT molecular complexity index is 663. The number of carboxylic acid groups (broad SMARTS) is 1. The normalized spacial score (nSPS) is 56.0. The number of Topliss-reactive ketones (excluding diaryl/α,β-unsaturated/α-hetero) is 1. The molecule has 0 amide bonds. The van der Waals surface area contributed by atoms with Crippen LogP contribution in [0.25, 0.3) is 0 Å². The predicted molar refractivity (Wildman–Crippen MR) is 92.1 cm³/mol. The minimum absolute atomic E-state index is 0.0984. The van der Waals surface area contributed by atoms with Gasteiger partial charge in [0.15, 0.2) is 5.78 Å². The molecule has 0 saturated heterocycles. The number of aliphatic carboxylic acids is 1. The van der Waals surface area contributed by atoms with E-state index < -0.39 is 46.4 Å². The quantitative estimate of drug-likeness (QED) is 0.587. The Kier molecular flexibility index (Phi) is 3.75. The number of hydrogen-bond acceptors (Lipinski definition) is 5. The van der Waals surface area contributed by atoms with Crippen molar-refractivity contribution in [2.24, 2.45) is 34.0 Å². The van der Waals surface area contributed by atoms with Crippen molar-refractivity contribution < 1.29 is 30.0 Å². The van der Waals surface area contributed by atoms with Crippen LogP contribution in [-0.2, 0) is 9.59 Å². The zero-order valence-electron chi connectivity index (χ0n) is 15.6. The molecule has 4 aliphatic carbocycles. The van der Waals surface area contributed by atoms with E-state index >= 15 is 0 Å². The number of aliphatic hydroxyl groups excluding tert-OH is 2. The molecule has 0 aliphatic heterocycles. The average Bonchev–Trinajstić information content (AvgIpc) is 2.73. The highest BCUT2D eigenvalue weighted by Gasteiger charge is 2.74. The van der Waals surface area contributed by atoms with Gasteiger partial charge in [0.05, 0.1) is 18.1 Å². The number of carbonyl (C=O) groups is 2. The van der Waals surface area contributed by atoms with Gasteiger partial charge in [0.1, 0.15) is 5.60 Å².